The lowest BCUT2D eigenvalue weighted by Gasteiger charge is -2.17. The van der Waals surface area contributed by atoms with Crippen molar-refractivity contribution in [3.63, 3.8) is 0 Å². The van der Waals surface area contributed by atoms with Gasteiger partial charge in [-0.25, -0.2) is 9.18 Å². The largest absolute Gasteiger partial charge is 0.478 e. The lowest BCUT2D eigenvalue weighted by atomic mass is 9.97. The average Bonchev–Trinajstić information content (AvgIpc) is 2.42. The fourth-order valence-corrected chi connectivity index (χ4v) is 2.03. The van der Waals surface area contributed by atoms with E-state index in [1.165, 1.54) is 12.1 Å². The van der Waals surface area contributed by atoms with Gasteiger partial charge in [0.15, 0.2) is 0 Å². The summed E-state index contributed by atoms with van der Waals surface area (Å²) in [6, 6.07) is 12.7. The Morgan fingerprint density at radius 3 is 2.42 bits per heavy atom. The third kappa shape index (κ3) is 2.98. The van der Waals surface area contributed by atoms with Gasteiger partial charge < -0.3 is 10.4 Å². The number of carbonyl (C=O) groups is 1. The van der Waals surface area contributed by atoms with Crippen molar-refractivity contribution in [2.24, 2.45) is 0 Å². The van der Waals surface area contributed by atoms with E-state index < -0.39 is 5.97 Å². The summed E-state index contributed by atoms with van der Waals surface area (Å²) in [7, 11) is 1.78. The summed E-state index contributed by atoms with van der Waals surface area (Å²) < 4.78 is 12.9. The van der Waals surface area contributed by atoms with Crippen molar-refractivity contribution in [1.29, 1.82) is 0 Å². The molecule has 0 saturated carbocycles. The molecule has 2 N–H and O–H groups in total. The van der Waals surface area contributed by atoms with Crippen molar-refractivity contribution in [1.82, 2.24) is 5.32 Å². The summed E-state index contributed by atoms with van der Waals surface area (Å²) in [4.78, 5) is 11.0. The van der Waals surface area contributed by atoms with E-state index >= 15 is 0 Å². The second-order valence-corrected chi connectivity index (χ2v) is 4.20. The Labute approximate surface area is 110 Å². The third-order valence-corrected chi connectivity index (χ3v) is 2.96. The predicted octanol–water partition coefficient (Wildman–Crippen LogP) is 2.83. The first-order valence-corrected chi connectivity index (χ1v) is 5.88. The SMILES string of the molecule is CNC(c1ccc(F)cc1)c1cccc(C(=O)O)c1. The van der Waals surface area contributed by atoms with Crippen LogP contribution in [0.1, 0.15) is 27.5 Å². The van der Waals surface area contributed by atoms with E-state index in [9.17, 15) is 9.18 Å². The summed E-state index contributed by atoms with van der Waals surface area (Å²) in [5.41, 5.74) is 1.94. The Morgan fingerprint density at radius 1 is 1.16 bits per heavy atom. The van der Waals surface area contributed by atoms with Crippen molar-refractivity contribution in [3.05, 3.63) is 71.0 Å². The van der Waals surface area contributed by atoms with Crippen molar-refractivity contribution in [3.8, 4) is 0 Å². The van der Waals surface area contributed by atoms with Gasteiger partial charge in [0, 0.05) is 0 Å². The van der Waals surface area contributed by atoms with Gasteiger partial charge in [0.05, 0.1) is 11.6 Å². The first-order valence-electron chi connectivity index (χ1n) is 5.88. The van der Waals surface area contributed by atoms with Gasteiger partial charge in [-0.1, -0.05) is 24.3 Å². The molecule has 2 rings (SSSR count). The molecule has 0 bridgehead atoms. The van der Waals surface area contributed by atoms with Crippen LogP contribution in [-0.2, 0) is 0 Å². The van der Waals surface area contributed by atoms with Gasteiger partial charge in [-0.2, -0.15) is 0 Å². The Kier molecular flexibility index (Phi) is 3.92. The number of rotatable bonds is 4. The Hall–Kier alpha value is -2.20. The maximum Gasteiger partial charge on any atom is 0.335 e. The van der Waals surface area contributed by atoms with Gasteiger partial charge in [-0.3, -0.25) is 0 Å². The summed E-state index contributed by atoms with van der Waals surface area (Å²) in [5, 5.41) is 12.1. The summed E-state index contributed by atoms with van der Waals surface area (Å²) >= 11 is 0. The molecule has 1 unspecified atom stereocenters. The van der Waals surface area contributed by atoms with Crippen molar-refractivity contribution in [2.75, 3.05) is 7.05 Å². The number of benzene rings is 2. The van der Waals surface area contributed by atoms with Crippen LogP contribution in [0.3, 0.4) is 0 Å². The lowest BCUT2D eigenvalue weighted by molar-refractivity contribution is 0.0696. The van der Waals surface area contributed by atoms with Gasteiger partial charge >= 0.3 is 5.97 Å². The van der Waals surface area contributed by atoms with E-state index in [2.05, 4.69) is 5.32 Å². The topological polar surface area (TPSA) is 49.3 Å². The second kappa shape index (κ2) is 5.63. The first-order chi connectivity index (χ1) is 9.11. The standard InChI is InChI=1S/C15H14FNO2/c1-17-14(10-5-7-13(16)8-6-10)11-3-2-4-12(9-11)15(18)19/h2-9,14,17H,1H3,(H,18,19). The molecule has 0 aliphatic rings. The molecule has 0 saturated heterocycles. The highest BCUT2D eigenvalue weighted by Gasteiger charge is 2.13. The molecule has 0 amide bonds. The highest BCUT2D eigenvalue weighted by Crippen LogP contribution is 2.22. The zero-order chi connectivity index (χ0) is 13.8. The smallest absolute Gasteiger partial charge is 0.335 e. The first kappa shape index (κ1) is 13.2. The monoisotopic (exact) mass is 259 g/mol. The quantitative estimate of drug-likeness (QED) is 0.887. The molecule has 0 aliphatic heterocycles. The van der Waals surface area contributed by atoms with E-state index in [0.29, 0.717) is 0 Å². The van der Waals surface area contributed by atoms with Crippen LogP contribution >= 0.6 is 0 Å². The molecule has 0 aliphatic carbocycles. The molecule has 1 atom stereocenters. The summed E-state index contributed by atoms with van der Waals surface area (Å²) in [6.45, 7) is 0. The third-order valence-electron chi connectivity index (χ3n) is 2.96. The normalized spacial score (nSPS) is 12.1. The summed E-state index contributed by atoms with van der Waals surface area (Å²) in [6.07, 6.45) is 0. The van der Waals surface area contributed by atoms with Crippen LogP contribution in [0, 0.1) is 5.82 Å². The van der Waals surface area contributed by atoms with Crippen LogP contribution < -0.4 is 5.32 Å². The Morgan fingerprint density at radius 2 is 1.84 bits per heavy atom. The molecule has 2 aromatic rings. The number of nitrogens with one attached hydrogen (secondary N) is 1. The minimum atomic E-state index is -0.962. The molecule has 2 aromatic carbocycles. The number of hydrogen-bond acceptors (Lipinski definition) is 2. The summed E-state index contributed by atoms with van der Waals surface area (Å²) in [5.74, 6) is -1.26. The van der Waals surface area contributed by atoms with Crippen LogP contribution in [0.2, 0.25) is 0 Å². The molecule has 0 fully saturated rings. The van der Waals surface area contributed by atoms with Crippen molar-refractivity contribution >= 4 is 5.97 Å². The molecule has 0 spiro atoms. The van der Waals surface area contributed by atoms with Crippen LogP contribution in [-0.4, -0.2) is 18.1 Å². The molecule has 0 radical (unpaired) electrons. The highest BCUT2D eigenvalue weighted by molar-refractivity contribution is 5.87. The van der Waals surface area contributed by atoms with Gasteiger partial charge in [-0.05, 0) is 42.4 Å². The second-order valence-electron chi connectivity index (χ2n) is 4.20. The molecule has 98 valence electrons. The maximum atomic E-state index is 12.9. The van der Waals surface area contributed by atoms with Gasteiger partial charge in [-0.15, -0.1) is 0 Å². The lowest BCUT2D eigenvalue weighted by Crippen LogP contribution is -2.18. The van der Waals surface area contributed by atoms with E-state index in [-0.39, 0.29) is 17.4 Å². The number of carboxylic acids is 1. The van der Waals surface area contributed by atoms with Crippen molar-refractivity contribution in [2.45, 2.75) is 6.04 Å². The van der Waals surface area contributed by atoms with Crippen LogP contribution in [0.15, 0.2) is 48.5 Å². The number of hydrogen-bond donors (Lipinski definition) is 2. The van der Waals surface area contributed by atoms with Crippen LogP contribution in [0.4, 0.5) is 4.39 Å². The molecule has 0 heterocycles. The zero-order valence-electron chi connectivity index (χ0n) is 10.4. The maximum absolute atomic E-state index is 12.9. The fourth-order valence-electron chi connectivity index (χ4n) is 2.03. The Bertz CT molecular complexity index is 581. The van der Waals surface area contributed by atoms with Crippen LogP contribution in [0.25, 0.3) is 0 Å². The minimum Gasteiger partial charge on any atom is -0.478 e. The molecular weight excluding hydrogens is 245 g/mol. The predicted molar refractivity (Wildman–Crippen MR) is 70.7 cm³/mol. The number of carboxylic acid groups (broad SMARTS) is 1. The van der Waals surface area contributed by atoms with Gasteiger partial charge in [0.25, 0.3) is 0 Å². The van der Waals surface area contributed by atoms with E-state index in [0.717, 1.165) is 11.1 Å². The zero-order valence-corrected chi connectivity index (χ0v) is 10.4. The van der Waals surface area contributed by atoms with E-state index in [1.54, 1.807) is 37.4 Å². The average molecular weight is 259 g/mol. The highest BCUT2D eigenvalue weighted by atomic mass is 19.1. The number of aromatic carboxylic acids is 1. The molecule has 3 nitrogen and oxygen atoms in total. The van der Waals surface area contributed by atoms with Crippen LogP contribution in [0.5, 0.6) is 0 Å². The van der Waals surface area contributed by atoms with E-state index in [4.69, 9.17) is 5.11 Å². The Balaban J connectivity index is 2.39. The fraction of sp³-hybridized carbons (Fsp3) is 0.133. The molecule has 0 aromatic heterocycles. The van der Waals surface area contributed by atoms with Gasteiger partial charge in [0.1, 0.15) is 5.82 Å². The molecular formula is C15H14FNO2. The molecule has 19 heavy (non-hydrogen) atoms. The van der Waals surface area contributed by atoms with E-state index in [1.807, 2.05) is 6.07 Å². The van der Waals surface area contributed by atoms with Crippen molar-refractivity contribution < 1.29 is 14.3 Å². The number of halogens is 1. The minimum absolute atomic E-state index is 0.167. The molecule has 4 heteroatoms. The van der Waals surface area contributed by atoms with Gasteiger partial charge in [0.2, 0.25) is 0 Å².